The Morgan fingerprint density at radius 2 is 2.40 bits per heavy atom. The third-order valence-electron chi connectivity index (χ3n) is 2.36. The van der Waals surface area contributed by atoms with Gasteiger partial charge in [0, 0.05) is 11.8 Å². The molecule has 2 atom stereocenters. The molecule has 0 amide bonds. The molecule has 2 rings (SSSR count). The van der Waals surface area contributed by atoms with E-state index in [1.165, 1.54) is 0 Å². The van der Waals surface area contributed by atoms with Crippen molar-refractivity contribution in [2.45, 2.75) is 23.9 Å². The highest BCUT2D eigenvalue weighted by Crippen LogP contribution is 2.11. The normalized spacial score (nSPS) is 22.9. The second kappa shape index (κ2) is 5.01. The van der Waals surface area contributed by atoms with E-state index in [-0.39, 0.29) is 0 Å². The molecule has 2 heterocycles. The molecular formula is C9H12ClN3OS. The highest BCUT2D eigenvalue weighted by molar-refractivity contribution is 7.85. The van der Waals surface area contributed by atoms with E-state index >= 15 is 0 Å². The fourth-order valence-corrected chi connectivity index (χ4v) is 2.87. The molecule has 0 spiro atoms. The van der Waals surface area contributed by atoms with E-state index in [1.54, 1.807) is 12.1 Å². The minimum absolute atomic E-state index is 0.328. The lowest BCUT2D eigenvalue weighted by molar-refractivity contribution is 0.640. The fraction of sp³-hybridized carbons (Fsp3) is 0.556. The summed E-state index contributed by atoms with van der Waals surface area (Å²) in [7, 11) is -1.08. The van der Waals surface area contributed by atoms with Gasteiger partial charge in [-0.25, -0.2) is 0 Å². The van der Waals surface area contributed by atoms with Crippen LogP contribution in [0.25, 0.3) is 0 Å². The van der Waals surface area contributed by atoms with Crippen LogP contribution in [-0.4, -0.2) is 32.7 Å². The number of hydrogen-bond donors (Lipinski definition) is 1. The predicted molar refractivity (Wildman–Crippen MR) is 59.3 cm³/mol. The van der Waals surface area contributed by atoms with Gasteiger partial charge in [0.15, 0.2) is 5.15 Å². The Bertz CT molecular complexity index is 351. The Labute approximate surface area is 95.9 Å². The van der Waals surface area contributed by atoms with Crippen LogP contribution in [0, 0.1) is 0 Å². The van der Waals surface area contributed by atoms with Gasteiger partial charge >= 0.3 is 0 Å². The van der Waals surface area contributed by atoms with E-state index in [0.29, 0.717) is 22.0 Å². The van der Waals surface area contributed by atoms with Crippen LogP contribution in [0.4, 0.5) is 0 Å². The first kappa shape index (κ1) is 11.0. The third-order valence-corrected chi connectivity index (χ3v) is 3.95. The van der Waals surface area contributed by atoms with E-state index in [9.17, 15) is 4.21 Å². The zero-order valence-corrected chi connectivity index (χ0v) is 9.72. The number of rotatable bonds is 3. The summed E-state index contributed by atoms with van der Waals surface area (Å²) in [4.78, 5) is 0. The molecule has 4 nitrogen and oxygen atoms in total. The lowest BCUT2D eigenvalue weighted by Gasteiger charge is -2.08. The first-order valence-corrected chi connectivity index (χ1v) is 6.56. The van der Waals surface area contributed by atoms with Crippen LogP contribution in [0.2, 0.25) is 5.15 Å². The van der Waals surface area contributed by atoms with Gasteiger partial charge in [-0.2, -0.15) is 0 Å². The summed E-state index contributed by atoms with van der Waals surface area (Å²) in [6.45, 7) is 1.02. The summed E-state index contributed by atoms with van der Waals surface area (Å²) in [5.41, 5.74) is 0. The van der Waals surface area contributed by atoms with Crippen LogP contribution in [-0.2, 0) is 10.8 Å². The number of hydrogen-bond acceptors (Lipinski definition) is 4. The minimum atomic E-state index is -1.08. The maximum absolute atomic E-state index is 11.8. The molecule has 0 aromatic carbocycles. The molecule has 0 radical (unpaired) electrons. The van der Waals surface area contributed by atoms with Crippen molar-refractivity contribution >= 4 is 22.4 Å². The molecule has 15 heavy (non-hydrogen) atoms. The SMILES string of the molecule is O=[S@@](C[C@H]1CCCN1)c1ccc(Cl)nn1. The Kier molecular flexibility index (Phi) is 3.66. The van der Waals surface area contributed by atoms with Gasteiger partial charge in [0.05, 0.1) is 10.8 Å². The third kappa shape index (κ3) is 2.96. The van der Waals surface area contributed by atoms with Crippen molar-refractivity contribution in [1.82, 2.24) is 15.5 Å². The Balaban J connectivity index is 1.98. The summed E-state index contributed by atoms with van der Waals surface area (Å²) in [6, 6.07) is 3.63. The van der Waals surface area contributed by atoms with Gasteiger partial charge in [-0.05, 0) is 31.5 Å². The molecule has 1 aliphatic rings. The Morgan fingerprint density at radius 3 is 3.00 bits per heavy atom. The van der Waals surface area contributed by atoms with E-state index in [0.717, 1.165) is 19.4 Å². The summed E-state index contributed by atoms with van der Waals surface area (Å²) < 4.78 is 11.8. The molecule has 0 bridgehead atoms. The zero-order chi connectivity index (χ0) is 10.7. The standard InChI is InChI=1S/C9H12ClN3OS/c10-8-3-4-9(13-12-8)15(14)6-7-2-1-5-11-7/h3-4,7,11H,1-2,5-6H2/t7-,15+/m1/s1. The van der Waals surface area contributed by atoms with E-state index < -0.39 is 10.8 Å². The maximum Gasteiger partial charge on any atom is 0.151 e. The number of nitrogens with zero attached hydrogens (tertiary/aromatic N) is 2. The van der Waals surface area contributed by atoms with Crippen molar-refractivity contribution in [2.24, 2.45) is 0 Å². The molecular weight excluding hydrogens is 234 g/mol. The van der Waals surface area contributed by atoms with Gasteiger partial charge in [0.25, 0.3) is 0 Å². The molecule has 82 valence electrons. The first-order valence-electron chi connectivity index (χ1n) is 4.87. The molecule has 0 saturated carbocycles. The molecule has 1 N–H and O–H groups in total. The van der Waals surface area contributed by atoms with Crippen molar-refractivity contribution < 1.29 is 4.21 Å². The van der Waals surface area contributed by atoms with Crippen molar-refractivity contribution in [1.29, 1.82) is 0 Å². The van der Waals surface area contributed by atoms with E-state index in [2.05, 4.69) is 15.5 Å². The second-order valence-electron chi connectivity index (χ2n) is 3.50. The van der Waals surface area contributed by atoms with E-state index in [1.807, 2.05) is 0 Å². The largest absolute Gasteiger partial charge is 0.313 e. The van der Waals surface area contributed by atoms with Crippen molar-refractivity contribution in [3.05, 3.63) is 17.3 Å². The molecule has 6 heteroatoms. The van der Waals surface area contributed by atoms with Gasteiger partial charge in [-0.1, -0.05) is 11.6 Å². The molecule has 1 saturated heterocycles. The lowest BCUT2D eigenvalue weighted by Crippen LogP contribution is -2.27. The van der Waals surface area contributed by atoms with Crippen molar-refractivity contribution in [3.8, 4) is 0 Å². The number of halogens is 1. The van der Waals surface area contributed by atoms with Gasteiger partial charge in [-0.3, -0.25) is 4.21 Å². The van der Waals surface area contributed by atoms with Crippen LogP contribution in [0.5, 0.6) is 0 Å². The summed E-state index contributed by atoms with van der Waals surface area (Å²) >= 11 is 5.60. The molecule has 0 aliphatic carbocycles. The zero-order valence-electron chi connectivity index (χ0n) is 8.15. The van der Waals surface area contributed by atoms with Crippen LogP contribution < -0.4 is 5.32 Å². The molecule has 1 aliphatic heterocycles. The average Bonchev–Trinajstić information content (AvgIpc) is 2.71. The minimum Gasteiger partial charge on any atom is -0.313 e. The second-order valence-corrected chi connectivity index (χ2v) is 5.33. The topological polar surface area (TPSA) is 54.9 Å². The summed E-state index contributed by atoms with van der Waals surface area (Å²) in [5, 5.41) is 11.6. The smallest absolute Gasteiger partial charge is 0.151 e. The predicted octanol–water partition coefficient (Wildman–Crippen LogP) is 0.990. The fourth-order valence-electron chi connectivity index (χ4n) is 1.59. The number of nitrogens with one attached hydrogen (secondary N) is 1. The van der Waals surface area contributed by atoms with Gasteiger partial charge in [-0.15, -0.1) is 10.2 Å². The summed E-state index contributed by atoms with van der Waals surface area (Å²) in [6.07, 6.45) is 2.25. The molecule has 0 unspecified atom stereocenters. The molecule has 1 aromatic heterocycles. The first-order chi connectivity index (χ1) is 7.25. The van der Waals surface area contributed by atoms with Gasteiger partial charge < -0.3 is 5.32 Å². The Morgan fingerprint density at radius 1 is 1.53 bits per heavy atom. The maximum atomic E-state index is 11.8. The Hall–Kier alpha value is -0.520. The molecule has 1 fully saturated rings. The highest BCUT2D eigenvalue weighted by Gasteiger charge is 2.18. The molecule has 1 aromatic rings. The van der Waals surface area contributed by atoms with Gasteiger partial charge in [0.2, 0.25) is 0 Å². The van der Waals surface area contributed by atoms with Crippen molar-refractivity contribution in [2.75, 3.05) is 12.3 Å². The summed E-state index contributed by atoms with van der Waals surface area (Å²) in [5.74, 6) is 0.607. The number of aromatic nitrogens is 2. The highest BCUT2D eigenvalue weighted by atomic mass is 35.5. The van der Waals surface area contributed by atoms with Crippen molar-refractivity contribution in [3.63, 3.8) is 0 Å². The van der Waals surface area contributed by atoms with Crippen LogP contribution >= 0.6 is 11.6 Å². The van der Waals surface area contributed by atoms with Crippen LogP contribution in [0.15, 0.2) is 17.2 Å². The van der Waals surface area contributed by atoms with Crippen LogP contribution in [0.3, 0.4) is 0 Å². The van der Waals surface area contributed by atoms with Gasteiger partial charge in [0.1, 0.15) is 5.03 Å². The average molecular weight is 246 g/mol. The van der Waals surface area contributed by atoms with Crippen LogP contribution in [0.1, 0.15) is 12.8 Å². The monoisotopic (exact) mass is 245 g/mol. The van der Waals surface area contributed by atoms with E-state index in [4.69, 9.17) is 11.6 Å². The quantitative estimate of drug-likeness (QED) is 0.863. The lowest BCUT2D eigenvalue weighted by atomic mass is 10.3.